The van der Waals surface area contributed by atoms with Crippen LogP contribution in [0.5, 0.6) is 0 Å². The van der Waals surface area contributed by atoms with Crippen molar-refractivity contribution in [1.29, 1.82) is 0 Å². The van der Waals surface area contributed by atoms with Crippen molar-refractivity contribution in [3.63, 3.8) is 0 Å². The lowest BCUT2D eigenvalue weighted by Crippen LogP contribution is -2.32. The van der Waals surface area contributed by atoms with E-state index in [4.69, 9.17) is 11.6 Å². The molecule has 0 aliphatic heterocycles. The summed E-state index contributed by atoms with van der Waals surface area (Å²) < 4.78 is 0. The third kappa shape index (κ3) is 6.15. The molecule has 0 fully saturated rings. The Bertz CT molecular complexity index is 120. The van der Waals surface area contributed by atoms with Crippen molar-refractivity contribution in [2.24, 2.45) is 11.6 Å². The van der Waals surface area contributed by atoms with Gasteiger partial charge in [-0.3, -0.25) is 10.2 Å². The fraction of sp³-hybridized carbons (Fsp3) is 0.833. The monoisotopic (exact) mass is 177 g/mol. The summed E-state index contributed by atoms with van der Waals surface area (Å²) in [5, 5.41) is 0. The second-order valence-corrected chi connectivity index (χ2v) is 3.28. The Labute approximate surface area is 71.0 Å². The van der Waals surface area contributed by atoms with Crippen LogP contribution in [0.4, 0.5) is 0 Å². The number of thioether (sulfide) groups is 1. The number of carbonyl (C=O) groups is 1. The highest BCUT2D eigenvalue weighted by Crippen LogP contribution is 2.02. The molecule has 1 amide bonds. The molecule has 1 unspecified atom stereocenters. The number of nitrogens with two attached hydrogens (primary N) is 2. The van der Waals surface area contributed by atoms with Crippen molar-refractivity contribution in [3.05, 3.63) is 0 Å². The predicted octanol–water partition coefficient (Wildman–Crippen LogP) is -0.553. The number of hydrogen-bond acceptors (Lipinski definition) is 4. The molecule has 5 N–H and O–H groups in total. The molecule has 0 aromatic rings. The van der Waals surface area contributed by atoms with E-state index >= 15 is 0 Å². The molecule has 5 heteroatoms. The van der Waals surface area contributed by atoms with Gasteiger partial charge in [-0.25, -0.2) is 5.84 Å². The van der Waals surface area contributed by atoms with Crippen molar-refractivity contribution in [2.45, 2.75) is 19.4 Å². The average molecular weight is 177 g/mol. The van der Waals surface area contributed by atoms with Crippen molar-refractivity contribution in [1.82, 2.24) is 5.43 Å². The van der Waals surface area contributed by atoms with Gasteiger partial charge in [-0.2, -0.15) is 11.8 Å². The van der Waals surface area contributed by atoms with Crippen LogP contribution in [-0.2, 0) is 4.79 Å². The third-order valence-corrected chi connectivity index (χ3v) is 2.38. The second-order valence-electron chi connectivity index (χ2n) is 2.25. The largest absolute Gasteiger partial charge is 0.327 e. The molecule has 0 saturated heterocycles. The minimum Gasteiger partial charge on any atom is -0.327 e. The van der Waals surface area contributed by atoms with E-state index in [9.17, 15) is 4.79 Å². The smallest absolute Gasteiger partial charge is 0.243 e. The molecule has 1 atom stereocenters. The Morgan fingerprint density at radius 2 is 2.36 bits per heavy atom. The van der Waals surface area contributed by atoms with Crippen LogP contribution in [0.2, 0.25) is 0 Å². The molecule has 0 aromatic heterocycles. The van der Waals surface area contributed by atoms with Gasteiger partial charge in [0.15, 0.2) is 0 Å². The summed E-state index contributed by atoms with van der Waals surface area (Å²) in [6.45, 7) is 2.02. The number of hydrazine groups is 1. The van der Waals surface area contributed by atoms with E-state index in [1.807, 2.05) is 6.92 Å². The van der Waals surface area contributed by atoms with Crippen LogP contribution in [0.15, 0.2) is 0 Å². The number of nitrogens with one attached hydrogen (secondary N) is 1. The maximum atomic E-state index is 10.6. The molecule has 66 valence electrons. The van der Waals surface area contributed by atoms with E-state index in [2.05, 4.69) is 5.43 Å². The molecular weight excluding hydrogens is 162 g/mol. The van der Waals surface area contributed by atoms with Crippen molar-refractivity contribution < 1.29 is 4.79 Å². The number of amides is 1. The lowest BCUT2D eigenvalue weighted by Gasteiger charge is -2.06. The zero-order valence-corrected chi connectivity index (χ0v) is 7.49. The lowest BCUT2D eigenvalue weighted by atomic mass is 10.3. The van der Waals surface area contributed by atoms with Gasteiger partial charge in [0.25, 0.3) is 0 Å². The molecule has 0 bridgehead atoms. The van der Waals surface area contributed by atoms with Gasteiger partial charge in [-0.15, -0.1) is 0 Å². The van der Waals surface area contributed by atoms with Crippen molar-refractivity contribution >= 4 is 17.7 Å². The van der Waals surface area contributed by atoms with Crippen LogP contribution in [0.1, 0.15) is 13.3 Å². The maximum absolute atomic E-state index is 10.6. The Hall–Kier alpha value is -0.260. The summed E-state index contributed by atoms with van der Waals surface area (Å²) in [5.74, 6) is 5.93. The van der Waals surface area contributed by atoms with Crippen LogP contribution < -0.4 is 17.0 Å². The summed E-state index contributed by atoms with van der Waals surface area (Å²) in [6, 6.07) is 0.186. The quantitative estimate of drug-likeness (QED) is 0.299. The Balaban J connectivity index is 3.20. The van der Waals surface area contributed by atoms with Gasteiger partial charge >= 0.3 is 0 Å². The van der Waals surface area contributed by atoms with E-state index in [-0.39, 0.29) is 11.9 Å². The third-order valence-electron chi connectivity index (χ3n) is 1.25. The first-order valence-corrected chi connectivity index (χ1v) is 4.69. The van der Waals surface area contributed by atoms with Crippen LogP contribution in [0.25, 0.3) is 0 Å². The van der Waals surface area contributed by atoms with Crippen LogP contribution in [-0.4, -0.2) is 23.5 Å². The van der Waals surface area contributed by atoms with Crippen LogP contribution in [0, 0.1) is 0 Å². The van der Waals surface area contributed by atoms with Crippen molar-refractivity contribution in [3.8, 4) is 0 Å². The molecule has 4 nitrogen and oxygen atoms in total. The fourth-order valence-electron chi connectivity index (χ4n) is 0.463. The molecular formula is C6H15N3OS. The van der Waals surface area contributed by atoms with E-state index in [1.54, 1.807) is 0 Å². The summed E-state index contributed by atoms with van der Waals surface area (Å²) in [5.41, 5.74) is 7.67. The number of hydrogen-bond donors (Lipinski definition) is 3. The van der Waals surface area contributed by atoms with E-state index in [0.29, 0.717) is 5.75 Å². The summed E-state index contributed by atoms with van der Waals surface area (Å²) in [4.78, 5) is 10.6. The summed E-state index contributed by atoms with van der Waals surface area (Å²) >= 11 is 1.50. The lowest BCUT2D eigenvalue weighted by molar-refractivity contribution is -0.118. The zero-order valence-electron chi connectivity index (χ0n) is 6.67. The molecule has 0 aliphatic rings. The van der Waals surface area contributed by atoms with Crippen LogP contribution >= 0.6 is 11.8 Å². The van der Waals surface area contributed by atoms with Gasteiger partial charge in [0.05, 0.1) is 5.75 Å². The first-order chi connectivity index (χ1) is 5.20. The minimum absolute atomic E-state index is 0.154. The molecule has 0 aliphatic carbocycles. The SMILES string of the molecule is CCC(N)CSCC(=O)NN. The summed E-state index contributed by atoms with van der Waals surface area (Å²) in [7, 11) is 0. The highest BCUT2D eigenvalue weighted by molar-refractivity contribution is 7.99. The van der Waals surface area contributed by atoms with Gasteiger partial charge in [-0.1, -0.05) is 6.92 Å². The second kappa shape index (κ2) is 6.45. The molecule has 0 rings (SSSR count). The maximum Gasteiger partial charge on any atom is 0.243 e. The number of rotatable bonds is 5. The summed E-state index contributed by atoms with van der Waals surface area (Å²) in [6.07, 6.45) is 0.942. The number of carbonyl (C=O) groups excluding carboxylic acids is 1. The first kappa shape index (κ1) is 10.7. The standard InChI is InChI=1S/C6H15N3OS/c1-2-5(7)3-11-4-6(10)9-8/h5H,2-4,7-8H2,1H3,(H,9,10). The Kier molecular flexibility index (Phi) is 6.30. The van der Waals surface area contributed by atoms with Gasteiger partial charge in [-0.05, 0) is 6.42 Å². The molecule has 0 aromatic carbocycles. The zero-order chi connectivity index (χ0) is 8.69. The highest BCUT2D eigenvalue weighted by atomic mass is 32.2. The topological polar surface area (TPSA) is 81.1 Å². The van der Waals surface area contributed by atoms with Gasteiger partial charge in [0.1, 0.15) is 0 Å². The van der Waals surface area contributed by atoms with Crippen molar-refractivity contribution in [2.75, 3.05) is 11.5 Å². The minimum atomic E-state index is -0.154. The van der Waals surface area contributed by atoms with Gasteiger partial charge in [0.2, 0.25) is 5.91 Å². The van der Waals surface area contributed by atoms with Gasteiger partial charge in [0, 0.05) is 11.8 Å². The molecule has 0 spiro atoms. The van der Waals surface area contributed by atoms with E-state index in [1.165, 1.54) is 11.8 Å². The highest BCUT2D eigenvalue weighted by Gasteiger charge is 2.01. The van der Waals surface area contributed by atoms with Gasteiger partial charge < -0.3 is 5.73 Å². The van der Waals surface area contributed by atoms with E-state index in [0.717, 1.165) is 12.2 Å². The molecule has 0 saturated carbocycles. The normalized spacial score (nSPS) is 12.6. The Morgan fingerprint density at radius 3 is 2.82 bits per heavy atom. The molecule has 0 heterocycles. The predicted molar refractivity (Wildman–Crippen MR) is 47.9 cm³/mol. The fourth-order valence-corrected chi connectivity index (χ4v) is 1.39. The molecule has 11 heavy (non-hydrogen) atoms. The van der Waals surface area contributed by atoms with E-state index < -0.39 is 0 Å². The first-order valence-electron chi connectivity index (χ1n) is 3.53. The molecule has 0 radical (unpaired) electrons. The average Bonchev–Trinajstić information content (AvgIpc) is 2.04. The van der Waals surface area contributed by atoms with Crippen LogP contribution in [0.3, 0.4) is 0 Å². The Morgan fingerprint density at radius 1 is 1.73 bits per heavy atom.